The molecule has 1 amide bonds. The quantitative estimate of drug-likeness (QED) is 0.465. The molecule has 6 nitrogen and oxygen atoms in total. The minimum atomic E-state index is -4.80. The fourth-order valence-corrected chi connectivity index (χ4v) is 3.10. The molecule has 0 saturated carbocycles. The molecule has 2 aromatic carbocycles. The zero-order valence-electron chi connectivity index (χ0n) is 14.4. The molecule has 28 heavy (non-hydrogen) atoms. The second-order valence-corrected chi connectivity index (χ2v) is 6.30. The van der Waals surface area contributed by atoms with Crippen molar-refractivity contribution in [2.24, 2.45) is 0 Å². The summed E-state index contributed by atoms with van der Waals surface area (Å²) < 4.78 is 52.6. The summed E-state index contributed by atoms with van der Waals surface area (Å²) in [4.78, 5) is 24.9. The molecule has 0 aliphatic carbocycles. The predicted octanol–water partition coefficient (Wildman–Crippen LogP) is 4.61. The normalized spacial score (nSPS) is 14.2. The molecule has 148 valence electrons. The van der Waals surface area contributed by atoms with E-state index in [1.54, 1.807) is 0 Å². The van der Waals surface area contributed by atoms with Crippen LogP contribution in [0.2, 0.25) is 0 Å². The van der Waals surface area contributed by atoms with Crippen molar-refractivity contribution < 1.29 is 27.3 Å². The fraction of sp³-hybridized carbons (Fsp3) is 0.278. The average molecular weight is 397 g/mol. The SMILES string of the molecule is O=C(Nc1cc(F)ccc1C(F)(F)F)c1ccc(N2CCCC2)c([N+](=O)[O-])c1. The van der Waals surface area contributed by atoms with Gasteiger partial charge in [-0.25, -0.2) is 4.39 Å². The minimum Gasteiger partial charge on any atom is -0.366 e. The van der Waals surface area contributed by atoms with E-state index in [1.165, 1.54) is 12.1 Å². The van der Waals surface area contributed by atoms with E-state index < -0.39 is 34.1 Å². The number of amides is 1. The summed E-state index contributed by atoms with van der Waals surface area (Å²) >= 11 is 0. The number of nitrogens with one attached hydrogen (secondary N) is 1. The van der Waals surface area contributed by atoms with Crippen LogP contribution < -0.4 is 10.2 Å². The van der Waals surface area contributed by atoms with Crippen LogP contribution >= 0.6 is 0 Å². The maximum Gasteiger partial charge on any atom is 0.418 e. The summed E-state index contributed by atoms with van der Waals surface area (Å²) in [5.74, 6) is -1.97. The number of benzene rings is 2. The Balaban J connectivity index is 1.92. The van der Waals surface area contributed by atoms with E-state index in [9.17, 15) is 32.5 Å². The van der Waals surface area contributed by atoms with Gasteiger partial charge in [0.25, 0.3) is 11.6 Å². The van der Waals surface area contributed by atoms with E-state index in [1.807, 2.05) is 10.2 Å². The van der Waals surface area contributed by atoms with Crippen LogP contribution in [0.3, 0.4) is 0 Å². The highest BCUT2D eigenvalue weighted by molar-refractivity contribution is 6.05. The Morgan fingerprint density at radius 2 is 1.79 bits per heavy atom. The van der Waals surface area contributed by atoms with Crippen molar-refractivity contribution >= 4 is 23.0 Å². The second-order valence-electron chi connectivity index (χ2n) is 6.30. The number of nitrogens with zero attached hydrogens (tertiary/aromatic N) is 2. The van der Waals surface area contributed by atoms with Crippen LogP contribution in [0.4, 0.5) is 34.6 Å². The summed E-state index contributed by atoms with van der Waals surface area (Å²) in [6.07, 6.45) is -3.03. The first kappa shape index (κ1) is 19.6. The summed E-state index contributed by atoms with van der Waals surface area (Å²) in [5, 5.41) is 13.4. The first-order valence-corrected chi connectivity index (χ1v) is 8.38. The molecule has 1 saturated heterocycles. The number of hydrogen-bond acceptors (Lipinski definition) is 4. The highest BCUT2D eigenvalue weighted by Crippen LogP contribution is 2.36. The molecule has 0 bridgehead atoms. The highest BCUT2D eigenvalue weighted by Gasteiger charge is 2.34. The Kier molecular flexibility index (Phi) is 5.21. The van der Waals surface area contributed by atoms with Gasteiger partial charge in [-0.1, -0.05) is 0 Å². The van der Waals surface area contributed by atoms with E-state index in [-0.39, 0.29) is 11.3 Å². The third-order valence-electron chi connectivity index (χ3n) is 4.42. The number of nitro groups is 1. The van der Waals surface area contributed by atoms with Gasteiger partial charge in [0.2, 0.25) is 0 Å². The van der Waals surface area contributed by atoms with Gasteiger partial charge in [0.1, 0.15) is 11.5 Å². The zero-order valence-corrected chi connectivity index (χ0v) is 14.4. The largest absolute Gasteiger partial charge is 0.418 e. The standard InChI is InChI=1S/C18H15F4N3O3/c19-12-4-5-13(18(20,21)22)14(10-12)23-17(26)11-3-6-15(16(9-11)25(27)28)24-7-1-2-8-24/h3-6,9-10H,1-2,7-8H2,(H,23,26). The number of halogens is 4. The smallest absolute Gasteiger partial charge is 0.366 e. The van der Waals surface area contributed by atoms with Crippen LogP contribution in [-0.2, 0) is 6.18 Å². The summed E-state index contributed by atoms with van der Waals surface area (Å²) in [5.41, 5.74) is -2.15. The Hall–Kier alpha value is -3.17. The lowest BCUT2D eigenvalue weighted by Crippen LogP contribution is -2.20. The molecule has 1 aliphatic rings. The van der Waals surface area contributed by atoms with E-state index in [0.717, 1.165) is 18.9 Å². The second kappa shape index (κ2) is 7.45. The van der Waals surface area contributed by atoms with E-state index in [0.29, 0.717) is 37.0 Å². The lowest BCUT2D eigenvalue weighted by atomic mass is 10.1. The lowest BCUT2D eigenvalue weighted by Gasteiger charge is -2.18. The third-order valence-corrected chi connectivity index (χ3v) is 4.42. The van der Waals surface area contributed by atoms with Crippen molar-refractivity contribution in [1.82, 2.24) is 0 Å². The molecule has 1 aliphatic heterocycles. The maximum absolute atomic E-state index is 13.4. The van der Waals surface area contributed by atoms with Crippen LogP contribution in [0.1, 0.15) is 28.8 Å². The molecule has 0 unspecified atom stereocenters. The van der Waals surface area contributed by atoms with Crippen molar-refractivity contribution in [2.75, 3.05) is 23.3 Å². The number of alkyl halides is 3. The summed E-state index contributed by atoms with van der Waals surface area (Å²) in [6.45, 7) is 1.29. The van der Waals surface area contributed by atoms with Gasteiger partial charge in [0.05, 0.1) is 16.2 Å². The van der Waals surface area contributed by atoms with Crippen LogP contribution in [-0.4, -0.2) is 23.9 Å². The van der Waals surface area contributed by atoms with E-state index >= 15 is 0 Å². The number of rotatable bonds is 4. The number of carbonyl (C=O) groups is 1. The van der Waals surface area contributed by atoms with Crippen molar-refractivity contribution in [3.63, 3.8) is 0 Å². The van der Waals surface area contributed by atoms with Gasteiger partial charge in [-0.15, -0.1) is 0 Å². The molecule has 0 spiro atoms. The molecule has 10 heteroatoms. The van der Waals surface area contributed by atoms with Gasteiger partial charge in [0, 0.05) is 24.7 Å². The first-order chi connectivity index (χ1) is 13.2. The Labute approximate surface area is 156 Å². The van der Waals surface area contributed by atoms with Gasteiger partial charge in [-0.2, -0.15) is 13.2 Å². The molecule has 1 N–H and O–H groups in total. The Morgan fingerprint density at radius 1 is 1.11 bits per heavy atom. The lowest BCUT2D eigenvalue weighted by molar-refractivity contribution is -0.384. The highest BCUT2D eigenvalue weighted by atomic mass is 19.4. The van der Waals surface area contributed by atoms with Crippen LogP contribution in [0.15, 0.2) is 36.4 Å². The van der Waals surface area contributed by atoms with Gasteiger partial charge in [-0.05, 0) is 43.2 Å². The minimum absolute atomic E-state index is 0.202. The van der Waals surface area contributed by atoms with Gasteiger partial charge >= 0.3 is 6.18 Å². The van der Waals surface area contributed by atoms with Crippen molar-refractivity contribution in [1.29, 1.82) is 0 Å². The summed E-state index contributed by atoms with van der Waals surface area (Å²) in [7, 11) is 0. The molecule has 3 rings (SSSR count). The van der Waals surface area contributed by atoms with Gasteiger partial charge in [0.15, 0.2) is 0 Å². The van der Waals surface area contributed by atoms with Gasteiger partial charge < -0.3 is 10.2 Å². The van der Waals surface area contributed by atoms with E-state index in [4.69, 9.17) is 0 Å². The van der Waals surface area contributed by atoms with Crippen molar-refractivity contribution in [2.45, 2.75) is 19.0 Å². The monoisotopic (exact) mass is 397 g/mol. The van der Waals surface area contributed by atoms with Crippen LogP contribution in [0.25, 0.3) is 0 Å². The molecule has 0 atom stereocenters. The molecular weight excluding hydrogens is 382 g/mol. The van der Waals surface area contributed by atoms with E-state index in [2.05, 4.69) is 0 Å². The molecule has 1 fully saturated rings. The average Bonchev–Trinajstić information content (AvgIpc) is 3.14. The van der Waals surface area contributed by atoms with Crippen molar-refractivity contribution in [3.8, 4) is 0 Å². The Morgan fingerprint density at radius 3 is 2.39 bits per heavy atom. The number of carbonyl (C=O) groups excluding carboxylic acids is 1. The van der Waals surface area contributed by atoms with Crippen molar-refractivity contribution in [3.05, 3.63) is 63.5 Å². The predicted molar refractivity (Wildman–Crippen MR) is 93.9 cm³/mol. The molecule has 0 aromatic heterocycles. The third kappa shape index (κ3) is 4.05. The van der Waals surface area contributed by atoms with Gasteiger partial charge in [-0.3, -0.25) is 14.9 Å². The first-order valence-electron chi connectivity index (χ1n) is 8.38. The number of hydrogen-bond donors (Lipinski definition) is 1. The summed E-state index contributed by atoms with van der Waals surface area (Å²) in [6, 6.07) is 5.40. The fourth-order valence-electron chi connectivity index (χ4n) is 3.10. The van der Waals surface area contributed by atoms with Crippen LogP contribution in [0, 0.1) is 15.9 Å². The molecule has 1 heterocycles. The topological polar surface area (TPSA) is 75.5 Å². The molecule has 0 radical (unpaired) electrons. The maximum atomic E-state index is 13.4. The molecule has 2 aromatic rings. The van der Waals surface area contributed by atoms with Crippen LogP contribution in [0.5, 0.6) is 0 Å². The Bertz CT molecular complexity index is 925. The zero-order chi connectivity index (χ0) is 20.5. The number of nitro benzene ring substituents is 1. The number of anilines is 2. The molecular formula is C18H15F4N3O3.